The van der Waals surface area contributed by atoms with Gasteiger partial charge in [-0.15, -0.1) is 11.8 Å². The van der Waals surface area contributed by atoms with E-state index in [9.17, 15) is 23.3 Å². The van der Waals surface area contributed by atoms with Crippen LogP contribution < -0.4 is 9.62 Å². The summed E-state index contributed by atoms with van der Waals surface area (Å²) >= 11 is 1.58. The Morgan fingerprint density at radius 2 is 1.83 bits per heavy atom. The Morgan fingerprint density at radius 1 is 1.17 bits per heavy atom. The first-order chi connectivity index (χ1) is 13.6. The highest BCUT2D eigenvalue weighted by molar-refractivity contribution is 7.99. The maximum absolute atomic E-state index is 12.3. The van der Waals surface area contributed by atoms with Gasteiger partial charge in [-0.05, 0) is 31.5 Å². The summed E-state index contributed by atoms with van der Waals surface area (Å²) in [4.78, 5) is 23.8. The quantitative estimate of drug-likeness (QED) is 0.280. The molecule has 29 heavy (non-hydrogen) atoms. The molecular formula is C19H23N3O5S2. The third-order valence-electron chi connectivity index (χ3n) is 4.07. The van der Waals surface area contributed by atoms with E-state index >= 15 is 0 Å². The minimum Gasteiger partial charge on any atom is -0.354 e. The zero-order valence-electron chi connectivity index (χ0n) is 16.4. The molecule has 2 rings (SSSR count). The number of carbonyl (C=O) groups is 1. The van der Waals surface area contributed by atoms with E-state index in [0.717, 1.165) is 21.5 Å². The summed E-state index contributed by atoms with van der Waals surface area (Å²) in [5.74, 6) is 0.148. The van der Waals surface area contributed by atoms with Crippen LogP contribution in [0.1, 0.15) is 11.1 Å². The topological polar surface area (TPSA) is 110 Å². The Bertz CT molecular complexity index is 991. The van der Waals surface area contributed by atoms with Gasteiger partial charge in [0.05, 0.1) is 16.9 Å². The van der Waals surface area contributed by atoms with E-state index in [1.807, 2.05) is 31.2 Å². The highest BCUT2D eigenvalue weighted by Crippen LogP contribution is 2.27. The highest BCUT2D eigenvalue weighted by Gasteiger charge is 2.24. The lowest BCUT2D eigenvalue weighted by atomic mass is 10.2. The van der Waals surface area contributed by atoms with Crippen LogP contribution in [0.3, 0.4) is 0 Å². The molecule has 0 saturated carbocycles. The summed E-state index contributed by atoms with van der Waals surface area (Å²) in [5, 5.41) is 13.7. The first-order valence-electron chi connectivity index (χ1n) is 8.77. The standard InChI is InChI=1S/C19H23N3O5S2/c1-14-4-8-17(9-5-14)28-11-10-20-19(23)13-21(29(3,26)27)18-12-16(22(24)25)7-6-15(18)2/h4-9,12H,10-11,13H2,1-3H3,(H,20,23). The number of carbonyl (C=O) groups excluding carboxylic acids is 1. The van der Waals surface area contributed by atoms with Crippen molar-refractivity contribution >= 4 is 39.1 Å². The average Bonchev–Trinajstić information content (AvgIpc) is 2.64. The summed E-state index contributed by atoms with van der Waals surface area (Å²) in [6, 6.07) is 11.9. The molecule has 0 aliphatic rings. The summed E-state index contributed by atoms with van der Waals surface area (Å²) in [5.41, 5.74) is 1.56. The summed E-state index contributed by atoms with van der Waals surface area (Å²) in [7, 11) is -3.81. The highest BCUT2D eigenvalue weighted by atomic mass is 32.2. The van der Waals surface area contributed by atoms with Crippen LogP contribution in [0.15, 0.2) is 47.4 Å². The van der Waals surface area contributed by atoms with Gasteiger partial charge in [0, 0.05) is 29.3 Å². The second kappa shape index (κ2) is 9.75. The van der Waals surface area contributed by atoms with Crippen molar-refractivity contribution in [2.24, 2.45) is 0 Å². The largest absolute Gasteiger partial charge is 0.354 e. The fourth-order valence-electron chi connectivity index (χ4n) is 2.54. The van der Waals surface area contributed by atoms with Gasteiger partial charge in [0.2, 0.25) is 15.9 Å². The molecule has 0 aliphatic heterocycles. The number of nitrogens with zero attached hydrogens (tertiary/aromatic N) is 2. The first kappa shape index (κ1) is 22.7. The molecule has 8 nitrogen and oxygen atoms in total. The SMILES string of the molecule is Cc1ccc(SCCNC(=O)CN(c2cc([N+](=O)[O-])ccc2C)S(C)(=O)=O)cc1. The van der Waals surface area contributed by atoms with E-state index in [-0.39, 0.29) is 11.4 Å². The molecule has 0 heterocycles. The molecule has 1 N–H and O–H groups in total. The molecule has 0 bridgehead atoms. The lowest BCUT2D eigenvalue weighted by Crippen LogP contribution is -2.41. The smallest absolute Gasteiger partial charge is 0.271 e. The van der Waals surface area contributed by atoms with Crippen molar-refractivity contribution in [1.29, 1.82) is 0 Å². The normalized spacial score (nSPS) is 11.1. The van der Waals surface area contributed by atoms with Gasteiger partial charge in [-0.1, -0.05) is 23.8 Å². The molecule has 156 valence electrons. The Balaban J connectivity index is 2.01. The number of thioether (sulfide) groups is 1. The van der Waals surface area contributed by atoms with Crippen LogP contribution in [0.4, 0.5) is 11.4 Å². The molecule has 2 aromatic rings. The molecule has 0 spiro atoms. The van der Waals surface area contributed by atoms with E-state index in [1.165, 1.54) is 17.7 Å². The molecule has 10 heteroatoms. The number of non-ortho nitro benzene ring substituents is 1. The number of rotatable bonds is 9. The van der Waals surface area contributed by atoms with Crippen LogP contribution in [0.25, 0.3) is 0 Å². The van der Waals surface area contributed by atoms with Crippen LogP contribution in [-0.4, -0.2) is 44.3 Å². The first-order valence-corrected chi connectivity index (χ1v) is 11.6. The number of amides is 1. The number of nitro groups is 1. The van der Waals surface area contributed by atoms with Crippen molar-refractivity contribution in [2.45, 2.75) is 18.7 Å². The molecule has 0 aliphatic carbocycles. The van der Waals surface area contributed by atoms with Crippen molar-refractivity contribution in [3.63, 3.8) is 0 Å². The molecule has 0 unspecified atom stereocenters. The fraction of sp³-hybridized carbons (Fsp3) is 0.316. The van der Waals surface area contributed by atoms with E-state index in [1.54, 1.807) is 18.7 Å². The van der Waals surface area contributed by atoms with Gasteiger partial charge < -0.3 is 5.32 Å². The second-order valence-corrected chi connectivity index (χ2v) is 9.58. The van der Waals surface area contributed by atoms with Gasteiger partial charge >= 0.3 is 0 Å². The molecule has 0 radical (unpaired) electrons. The summed E-state index contributed by atoms with van der Waals surface area (Å²) in [6.45, 7) is 3.55. The lowest BCUT2D eigenvalue weighted by molar-refractivity contribution is -0.384. The van der Waals surface area contributed by atoms with Gasteiger partial charge in [-0.25, -0.2) is 8.42 Å². The summed E-state index contributed by atoms with van der Waals surface area (Å²) in [6.07, 6.45) is 0.964. The molecule has 2 aromatic carbocycles. The van der Waals surface area contributed by atoms with E-state index in [0.29, 0.717) is 17.9 Å². The Kier molecular flexibility index (Phi) is 7.63. The number of sulfonamides is 1. The van der Waals surface area contributed by atoms with Gasteiger partial charge in [0.25, 0.3) is 5.69 Å². The fourth-order valence-corrected chi connectivity index (χ4v) is 4.22. The third kappa shape index (κ3) is 6.75. The molecular weight excluding hydrogens is 414 g/mol. The van der Waals surface area contributed by atoms with Crippen LogP contribution in [0.5, 0.6) is 0 Å². The predicted octanol–water partition coefficient (Wildman–Crippen LogP) is 2.89. The summed E-state index contributed by atoms with van der Waals surface area (Å²) < 4.78 is 25.3. The minimum absolute atomic E-state index is 0.117. The monoisotopic (exact) mass is 437 g/mol. The minimum atomic E-state index is -3.81. The van der Waals surface area contributed by atoms with Crippen molar-refractivity contribution in [3.8, 4) is 0 Å². The zero-order valence-corrected chi connectivity index (χ0v) is 18.0. The Morgan fingerprint density at radius 3 is 2.41 bits per heavy atom. The van der Waals surface area contributed by atoms with E-state index in [4.69, 9.17) is 0 Å². The predicted molar refractivity (Wildman–Crippen MR) is 115 cm³/mol. The number of benzene rings is 2. The number of nitro benzene ring substituents is 1. The van der Waals surface area contributed by atoms with Crippen molar-refractivity contribution in [3.05, 3.63) is 63.7 Å². The number of hydrogen-bond donors (Lipinski definition) is 1. The Hall–Kier alpha value is -2.59. The van der Waals surface area contributed by atoms with Gasteiger partial charge in [-0.3, -0.25) is 19.2 Å². The number of nitrogens with one attached hydrogen (secondary N) is 1. The number of hydrogen-bond acceptors (Lipinski definition) is 6. The second-order valence-electron chi connectivity index (χ2n) is 6.51. The molecule has 0 aromatic heterocycles. The number of anilines is 1. The van der Waals surface area contributed by atoms with Crippen molar-refractivity contribution in [2.75, 3.05) is 29.4 Å². The third-order valence-corrected chi connectivity index (χ3v) is 6.21. The van der Waals surface area contributed by atoms with E-state index in [2.05, 4.69) is 5.32 Å². The van der Waals surface area contributed by atoms with Gasteiger partial charge in [-0.2, -0.15) is 0 Å². The van der Waals surface area contributed by atoms with Crippen LogP contribution in [0, 0.1) is 24.0 Å². The number of aryl methyl sites for hydroxylation is 2. The average molecular weight is 438 g/mol. The molecule has 1 amide bonds. The van der Waals surface area contributed by atoms with Crippen LogP contribution in [-0.2, 0) is 14.8 Å². The maximum Gasteiger partial charge on any atom is 0.271 e. The van der Waals surface area contributed by atoms with E-state index < -0.39 is 27.4 Å². The van der Waals surface area contributed by atoms with Crippen molar-refractivity contribution < 1.29 is 18.1 Å². The van der Waals surface area contributed by atoms with Crippen molar-refractivity contribution in [1.82, 2.24) is 5.32 Å². The molecule has 0 atom stereocenters. The maximum atomic E-state index is 12.3. The lowest BCUT2D eigenvalue weighted by Gasteiger charge is -2.23. The van der Waals surface area contributed by atoms with Gasteiger partial charge in [0.15, 0.2) is 0 Å². The van der Waals surface area contributed by atoms with Gasteiger partial charge in [0.1, 0.15) is 6.54 Å². The Labute approximate surface area is 174 Å². The molecule has 0 fully saturated rings. The molecule has 0 saturated heterocycles. The zero-order chi connectivity index (χ0) is 21.6. The van der Waals surface area contributed by atoms with Crippen LogP contribution >= 0.6 is 11.8 Å². The van der Waals surface area contributed by atoms with Crippen LogP contribution in [0.2, 0.25) is 0 Å².